The van der Waals surface area contributed by atoms with Gasteiger partial charge in [0.2, 0.25) is 5.91 Å². The van der Waals surface area contributed by atoms with Crippen LogP contribution in [-0.2, 0) is 19.1 Å². The van der Waals surface area contributed by atoms with Gasteiger partial charge >= 0.3 is 5.97 Å². The third-order valence-corrected chi connectivity index (χ3v) is 6.12. The van der Waals surface area contributed by atoms with Crippen molar-refractivity contribution in [2.75, 3.05) is 12.9 Å². The number of carbonyl (C=O) groups is 2. The average molecular weight is 433 g/mol. The first kappa shape index (κ1) is 21.2. The number of esters is 1. The lowest BCUT2D eigenvalue weighted by molar-refractivity contribution is -0.153. The molecule has 2 N–H and O–H groups in total. The van der Waals surface area contributed by atoms with Crippen LogP contribution >= 0.6 is 24.2 Å². The van der Waals surface area contributed by atoms with Crippen molar-refractivity contribution in [3.8, 4) is 0 Å². The summed E-state index contributed by atoms with van der Waals surface area (Å²) in [5.74, 6) is -0.00844. The number of nitrogens with zero attached hydrogens (tertiary/aromatic N) is 1. The van der Waals surface area contributed by atoms with Gasteiger partial charge in [0.1, 0.15) is 17.2 Å². The van der Waals surface area contributed by atoms with Gasteiger partial charge in [-0.1, -0.05) is 60.7 Å². The Balaban J connectivity index is 0.00000240. The summed E-state index contributed by atoms with van der Waals surface area (Å²) in [6.45, 7) is 0. The van der Waals surface area contributed by atoms with Crippen LogP contribution in [0.25, 0.3) is 0 Å². The number of methoxy groups -OCH3 is 1. The Hall–Kier alpha value is -2.48. The van der Waals surface area contributed by atoms with Crippen LogP contribution in [0.1, 0.15) is 17.2 Å². The molecule has 152 valence electrons. The fourth-order valence-electron chi connectivity index (χ4n) is 3.38. The SMILES string of the molecule is COC1=C(C(=O)OC(c2ccccc2)c2ccccc2)N2C(=O)[C@@H](N)[C@@H]2SC1.Cl. The first-order valence-corrected chi connectivity index (χ1v) is 9.95. The first-order valence-electron chi connectivity index (χ1n) is 8.90. The summed E-state index contributed by atoms with van der Waals surface area (Å²) in [4.78, 5) is 26.8. The number of thioether (sulfide) groups is 1. The van der Waals surface area contributed by atoms with Gasteiger partial charge in [-0.15, -0.1) is 24.2 Å². The summed E-state index contributed by atoms with van der Waals surface area (Å²) < 4.78 is 11.3. The van der Waals surface area contributed by atoms with Crippen LogP contribution in [0.15, 0.2) is 72.1 Å². The molecule has 2 aliphatic heterocycles. The maximum atomic E-state index is 13.2. The lowest BCUT2D eigenvalue weighted by Gasteiger charge is -2.47. The van der Waals surface area contributed by atoms with Gasteiger partial charge in [-0.25, -0.2) is 4.79 Å². The molecule has 29 heavy (non-hydrogen) atoms. The van der Waals surface area contributed by atoms with Crippen molar-refractivity contribution >= 4 is 36.0 Å². The molecule has 0 radical (unpaired) electrons. The summed E-state index contributed by atoms with van der Waals surface area (Å²) in [6, 6.07) is 18.4. The van der Waals surface area contributed by atoms with Crippen molar-refractivity contribution in [2.45, 2.75) is 17.5 Å². The van der Waals surface area contributed by atoms with Crippen LogP contribution in [0, 0.1) is 0 Å². The van der Waals surface area contributed by atoms with E-state index in [1.54, 1.807) is 0 Å². The zero-order chi connectivity index (χ0) is 19.7. The highest BCUT2D eigenvalue weighted by atomic mass is 35.5. The van der Waals surface area contributed by atoms with Crippen LogP contribution in [-0.4, -0.2) is 41.1 Å². The summed E-state index contributed by atoms with van der Waals surface area (Å²) in [7, 11) is 1.49. The molecule has 0 saturated carbocycles. The molecule has 2 aliphatic rings. The number of benzene rings is 2. The minimum absolute atomic E-state index is 0. The number of hydrogen-bond acceptors (Lipinski definition) is 6. The smallest absolute Gasteiger partial charge is 0.359 e. The summed E-state index contributed by atoms with van der Waals surface area (Å²) in [5.41, 5.74) is 7.71. The van der Waals surface area contributed by atoms with Crippen molar-refractivity contribution in [2.24, 2.45) is 5.73 Å². The molecule has 2 aromatic rings. The molecule has 0 bridgehead atoms. The van der Waals surface area contributed by atoms with E-state index < -0.39 is 18.1 Å². The van der Waals surface area contributed by atoms with Crippen LogP contribution in [0.4, 0.5) is 0 Å². The van der Waals surface area contributed by atoms with E-state index in [1.165, 1.54) is 23.8 Å². The van der Waals surface area contributed by atoms with Crippen molar-refractivity contribution in [3.05, 3.63) is 83.2 Å². The molecule has 0 unspecified atom stereocenters. The second kappa shape index (κ2) is 8.90. The Morgan fingerprint density at radius 1 is 1.10 bits per heavy atom. The first-order chi connectivity index (χ1) is 13.6. The van der Waals surface area contributed by atoms with Gasteiger partial charge in [0.15, 0.2) is 11.8 Å². The molecule has 2 atom stereocenters. The van der Waals surface area contributed by atoms with Crippen LogP contribution in [0.2, 0.25) is 0 Å². The van der Waals surface area contributed by atoms with Gasteiger partial charge in [-0.2, -0.15) is 0 Å². The molecule has 2 heterocycles. The zero-order valence-corrected chi connectivity index (χ0v) is 17.3. The fraction of sp³-hybridized carbons (Fsp3) is 0.238. The number of halogens is 1. The van der Waals surface area contributed by atoms with Crippen molar-refractivity contribution in [1.29, 1.82) is 0 Å². The molecule has 8 heteroatoms. The molecule has 4 rings (SSSR count). The van der Waals surface area contributed by atoms with Gasteiger partial charge in [0.05, 0.1) is 12.9 Å². The predicted molar refractivity (Wildman–Crippen MR) is 113 cm³/mol. The Morgan fingerprint density at radius 2 is 1.66 bits per heavy atom. The molecule has 0 spiro atoms. The quantitative estimate of drug-likeness (QED) is 0.578. The number of rotatable bonds is 5. The van der Waals surface area contributed by atoms with E-state index in [4.69, 9.17) is 15.2 Å². The summed E-state index contributed by atoms with van der Waals surface area (Å²) in [6.07, 6.45) is -0.599. The highest BCUT2D eigenvalue weighted by Crippen LogP contribution is 2.40. The standard InChI is InChI=1S/C21H20N2O4S.ClH/c1-26-15-12-28-20-16(22)19(24)23(20)17(15)21(25)27-18(13-8-4-2-5-9-13)14-10-6-3-7-11-14;/h2-11,16,18,20H,12,22H2,1H3;1H/t16-,20+;/m1./s1. The van der Waals surface area contributed by atoms with E-state index >= 15 is 0 Å². The normalized spacial score (nSPS) is 20.5. The maximum Gasteiger partial charge on any atom is 0.359 e. The third-order valence-electron chi connectivity index (χ3n) is 4.84. The lowest BCUT2D eigenvalue weighted by Crippen LogP contribution is -2.68. The number of hydrogen-bond donors (Lipinski definition) is 1. The molecule has 0 aromatic heterocycles. The lowest BCUT2D eigenvalue weighted by atomic mass is 10.0. The van der Waals surface area contributed by atoms with Crippen LogP contribution < -0.4 is 5.73 Å². The van der Waals surface area contributed by atoms with E-state index in [2.05, 4.69) is 0 Å². The molecular weight excluding hydrogens is 412 g/mol. The second-order valence-corrected chi connectivity index (χ2v) is 7.62. The monoisotopic (exact) mass is 432 g/mol. The van der Waals surface area contributed by atoms with E-state index in [9.17, 15) is 9.59 Å². The number of carbonyl (C=O) groups excluding carboxylic acids is 2. The minimum atomic E-state index is -0.606. The van der Waals surface area contributed by atoms with Gasteiger partial charge in [0, 0.05) is 0 Å². The number of ether oxygens (including phenoxy) is 2. The number of nitrogens with two attached hydrogens (primary N) is 1. The number of fused-ring (bicyclic) bond motifs is 1. The predicted octanol–water partition coefficient (Wildman–Crippen LogP) is 2.84. The van der Waals surface area contributed by atoms with Gasteiger partial charge in [-0.05, 0) is 11.1 Å². The average Bonchev–Trinajstić information content (AvgIpc) is 2.76. The molecule has 1 amide bonds. The van der Waals surface area contributed by atoms with Crippen LogP contribution in [0.5, 0.6) is 0 Å². The zero-order valence-electron chi connectivity index (χ0n) is 15.7. The minimum Gasteiger partial charge on any atom is -0.498 e. The number of β-lactam (4-membered cyclic amide) rings is 1. The Bertz CT molecular complexity index is 883. The van der Waals surface area contributed by atoms with Gasteiger partial charge in [-0.3, -0.25) is 9.69 Å². The van der Waals surface area contributed by atoms with E-state index in [0.29, 0.717) is 11.5 Å². The fourth-order valence-corrected chi connectivity index (χ4v) is 4.64. The molecule has 0 aliphatic carbocycles. The van der Waals surface area contributed by atoms with E-state index in [1.807, 2.05) is 60.7 Å². The molecular formula is C21H21ClN2O4S. The Kier molecular flexibility index (Phi) is 6.52. The molecule has 6 nitrogen and oxygen atoms in total. The van der Waals surface area contributed by atoms with Crippen LogP contribution in [0.3, 0.4) is 0 Å². The summed E-state index contributed by atoms with van der Waals surface area (Å²) >= 11 is 1.48. The maximum absolute atomic E-state index is 13.2. The largest absolute Gasteiger partial charge is 0.498 e. The topological polar surface area (TPSA) is 81.9 Å². The second-order valence-electron chi connectivity index (χ2n) is 6.52. The molecule has 1 fully saturated rings. The van der Waals surface area contributed by atoms with Gasteiger partial charge in [0.25, 0.3) is 0 Å². The van der Waals surface area contributed by atoms with E-state index in [0.717, 1.165) is 11.1 Å². The number of amides is 1. The highest BCUT2D eigenvalue weighted by Gasteiger charge is 2.53. The molecule has 2 aromatic carbocycles. The molecule has 1 saturated heterocycles. The van der Waals surface area contributed by atoms with Crippen molar-refractivity contribution in [1.82, 2.24) is 4.90 Å². The summed E-state index contributed by atoms with van der Waals surface area (Å²) in [5, 5.41) is -0.263. The Morgan fingerprint density at radius 3 is 2.17 bits per heavy atom. The third kappa shape index (κ3) is 3.85. The van der Waals surface area contributed by atoms with Gasteiger partial charge < -0.3 is 15.2 Å². The van der Waals surface area contributed by atoms with Crippen molar-refractivity contribution < 1.29 is 19.1 Å². The Labute approximate surface area is 179 Å². The highest BCUT2D eigenvalue weighted by molar-refractivity contribution is 8.00. The van der Waals surface area contributed by atoms with E-state index in [-0.39, 0.29) is 29.4 Å². The van der Waals surface area contributed by atoms with Crippen molar-refractivity contribution in [3.63, 3.8) is 0 Å².